The lowest BCUT2D eigenvalue weighted by Crippen LogP contribution is -2.42. The van der Waals surface area contributed by atoms with Crippen LogP contribution in [0.3, 0.4) is 0 Å². The zero-order valence-corrected chi connectivity index (χ0v) is 13.7. The van der Waals surface area contributed by atoms with Crippen LogP contribution in [0.1, 0.15) is 33.3 Å². The van der Waals surface area contributed by atoms with Crippen molar-refractivity contribution in [2.75, 3.05) is 24.5 Å². The summed E-state index contributed by atoms with van der Waals surface area (Å²) in [6, 6.07) is 9.51. The molecule has 1 aliphatic heterocycles. The van der Waals surface area contributed by atoms with E-state index < -0.39 is 0 Å². The Balaban J connectivity index is 1.99. The molecule has 0 bridgehead atoms. The molecule has 2 N–H and O–H groups in total. The van der Waals surface area contributed by atoms with E-state index in [1.807, 2.05) is 0 Å². The minimum absolute atomic E-state index is 0.394. The molecule has 1 unspecified atom stereocenters. The van der Waals surface area contributed by atoms with E-state index >= 15 is 0 Å². The number of para-hydroxylation sites is 1. The summed E-state index contributed by atoms with van der Waals surface area (Å²) < 4.78 is 0. The Morgan fingerprint density at radius 3 is 2.76 bits per heavy atom. The molecule has 1 aliphatic rings. The van der Waals surface area contributed by atoms with Crippen LogP contribution in [-0.2, 0) is 6.42 Å². The van der Waals surface area contributed by atoms with Gasteiger partial charge in [0.15, 0.2) is 5.96 Å². The topological polar surface area (TPSA) is 39.7 Å². The van der Waals surface area contributed by atoms with Crippen molar-refractivity contribution in [1.29, 1.82) is 0 Å². The number of guanidine groups is 1. The molecule has 1 atom stereocenters. The number of rotatable bonds is 5. The SMILES string of the molecule is CCNC(=NCC(C)N1CCc2ccccc21)NC(C)C. The largest absolute Gasteiger partial charge is 0.366 e. The molecule has 2 rings (SSSR count). The fourth-order valence-corrected chi connectivity index (χ4v) is 2.74. The summed E-state index contributed by atoms with van der Waals surface area (Å²) in [5, 5.41) is 6.67. The maximum Gasteiger partial charge on any atom is 0.191 e. The monoisotopic (exact) mass is 288 g/mol. The van der Waals surface area contributed by atoms with Crippen molar-refractivity contribution in [1.82, 2.24) is 10.6 Å². The van der Waals surface area contributed by atoms with Gasteiger partial charge in [0.1, 0.15) is 0 Å². The number of fused-ring (bicyclic) bond motifs is 1. The highest BCUT2D eigenvalue weighted by atomic mass is 15.2. The predicted molar refractivity (Wildman–Crippen MR) is 91.2 cm³/mol. The molecule has 4 heteroatoms. The van der Waals surface area contributed by atoms with Crippen LogP contribution < -0.4 is 15.5 Å². The van der Waals surface area contributed by atoms with Gasteiger partial charge in [0.25, 0.3) is 0 Å². The number of hydrogen-bond acceptors (Lipinski definition) is 2. The van der Waals surface area contributed by atoms with Crippen LogP contribution in [0.15, 0.2) is 29.3 Å². The van der Waals surface area contributed by atoms with Gasteiger partial charge in [-0.05, 0) is 45.7 Å². The normalized spacial score (nSPS) is 16.0. The zero-order valence-electron chi connectivity index (χ0n) is 13.7. The summed E-state index contributed by atoms with van der Waals surface area (Å²) in [4.78, 5) is 7.19. The number of nitrogens with one attached hydrogen (secondary N) is 2. The van der Waals surface area contributed by atoms with E-state index in [1.54, 1.807) is 0 Å². The van der Waals surface area contributed by atoms with Crippen molar-refractivity contribution >= 4 is 11.6 Å². The molecular weight excluding hydrogens is 260 g/mol. The summed E-state index contributed by atoms with van der Waals surface area (Å²) in [6.07, 6.45) is 1.15. The number of nitrogens with zero attached hydrogens (tertiary/aromatic N) is 2. The quantitative estimate of drug-likeness (QED) is 0.645. The second kappa shape index (κ2) is 7.34. The lowest BCUT2D eigenvalue weighted by Gasteiger charge is -2.26. The van der Waals surface area contributed by atoms with Crippen molar-refractivity contribution in [2.45, 2.75) is 46.2 Å². The molecule has 0 aliphatic carbocycles. The molecule has 21 heavy (non-hydrogen) atoms. The maximum absolute atomic E-state index is 4.72. The Kier molecular flexibility index (Phi) is 5.48. The smallest absolute Gasteiger partial charge is 0.191 e. The Bertz CT molecular complexity index is 481. The molecular formula is C17H28N4. The van der Waals surface area contributed by atoms with Crippen molar-refractivity contribution in [3.05, 3.63) is 29.8 Å². The van der Waals surface area contributed by atoms with Crippen LogP contribution in [0.25, 0.3) is 0 Å². The van der Waals surface area contributed by atoms with Gasteiger partial charge in [-0.15, -0.1) is 0 Å². The molecule has 0 saturated heterocycles. The minimum atomic E-state index is 0.394. The number of aliphatic imine (C=N–C) groups is 1. The Morgan fingerprint density at radius 1 is 1.29 bits per heavy atom. The van der Waals surface area contributed by atoms with Gasteiger partial charge < -0.3 is 15.5 Å². The second-order valence-corrected chi connectivity index (χ2v) is 5.94. The molecule has 1 heterocycles. The highest BCUT2D eigenvalue weighted by Gasteiger charge is 2.22. The molecule has 4 nitrogen and oxygen atoms in total. The fourth-order valence-electron chi connectivity index (χ4n) is 2.74. The molecule has 0 radical (unpaired) electrons. The average Bonchev–Trinajstić information content (AvgIpc) is 2.88. The third kappa shape index (κ3) is 4.13. The lowest BCUT2D eigenvalue weighted by molar-refractivity contribution is 0.649. The van der Waals surface area contributed by atoms with Gasteiger partial charge >= 0.3 is 0 Å². The third-order valence-electron chi connectivity index (χ3n) is 3.74. The zero-order chi connectivity index (χ0) is 15.2. The first-order chi connectivity index (χ1) is 10.1. The summed E-state index contributed by atoms with van der Waals surface area (Å²) >= 11 is 0. The van der Waals surface area contributed by atoms with Crippen molar-refractivity contribution in [3.8, 4) is 0 Å². The van der Waals surface area contributed by atoms with Crippen LogP contribution in [-0.4, -0.2) is 37.7 Å². The summed E-state index contributed by atoms with van der Waals surface area (Å²) in [6.45, 7) is 11.4. The number of anilines is 1. The van der Waals surface area contributed by atoms with Gasteiger partial charge in [-0.1, -0.05) is 18.2 Å². The molecule has 1 aromatic carbocycles. The molecule has 0 saturated carbocycles. The van der Waals surface area contributed by atoms with E-state index in [0.717, 1.165) is 32.0 Å². The van der Waals surface area contributed by atoms with Crippen LogP contribution in [0.5, 0.6) is 0 Å². The molecule has 0 aromatic heterocycles. The predicted octanol–water partition coefficient (Wildman–Crippen LogP) is 2.40. The van der Waals surface area contributed by atoms with Crippen LogP contribution in [0.4, 0.5) is 5.69 Å². The first kappa shape index (κ1) is 15.7. The van der Waals surface area contributed by atoms with Gasteiger partial charge in [0.2, 0.25) is 0 Å². The average molecular weight is 288 g/mol. The maximum atomic E-state index is 4.72. The van der Waals surface area contributed by atoms with E-state index in [4.69, 9.17) is 4.99 Å². The van der Waals surface area contributed by atoms with Crippen LogP contribution in [0, 0.1) is 0 Å². The Hall–Kier alpha value is -1.71. The van der Waals surface area contributed by atoms with E-state index in [-0.39, 0.29) is 0 Å². The molecule has 1 aromatic rings. The molecule has 116 valence electrons. The van der Waals surface area contributed by atoms with Crippen LogP contribution >= 0.6 is 0 Å². The summed E-state index contributed by atoms with van der Waals surface area (Å²) in [7, 11) is 0. The van der Waals surface area contributed by atoms with Gasteiger partial charge in [-0.2, -0.15) is 0 Å². The molecule has 0 fully saturated rings. The highest BCUT2D eigenvalue weighted by molar-refractivity contribution is 5.80. The third-order valence-corrected chi connectivity index (χ3v) is 3.74. The highest BCUT2D eigenvalue weighted by Crippen LogP contribution is 2.29. The molecule has 0 spiro atoms. The van der Waals surface area contributed by atoms with E-state index in [0.29, 0.717) is 12.1 Å². The standard InChI is InChI=1S/C17H28N4/c1-5-18-17(20-13(2)3)19-12-14(4)21-11-10-15-8-6-7-9-16(15)21/h6-9,13-14H,5,10-12H2,1-4H3,(H2,18,19,20). The fraction of sp³-hybridized carbons (Fsp3) is 0.588. The summed E-state index contributed by atoms with van der Waals surface area (Å²) in [5.41, 5.74) is 2.84. The minimum Gasteiger partial charge on any atom is -0.366 e. The van der Waals surface area contributed by atoms with E-state index in [9.17, 15) is 0 Å². The van der Waals surface area contributed by atoms with Gasteiger partial charge in [-0.3, -0.25) is 4.99 Å². The van der Waals surface area contributed by atoms with Gasteiger partial charge in [-0.25, -0.2) is 0 Å². The van der Waals surface area contributed by atoms with Crippen molar-refractivity contribution in [2.24, 2.45) is 4.99 Å². The van der Waals surface area contributed by atoms with Crippen molar-refractivity contribution < 1.29 is 0 Å². The lowest BCUT2D eigenvalue weighted by atomic mass is 10.2. The van der Waals surface area contributed by atoms with Crippen LogP contribution in [0.2, 0.25) is 0 Å². The number of hydrogen-bond donors (Lipinski definition) is 2. The van der Waals surface area contributed by atoms with Gasteiger partial charge in [0, 0.05) is 30.9 Å². The van der Waals surface area contributed by atoms with E-state index in [2.05, 4.69) is 67.5 Å². The Labute approximate surface area is 128 Å². The Morgan fingerprint density at radius 2 is 2.05 bits per heavy atom. The second-order valence-electron chi connectivity index (χ2n) is 5.94. The van der Waals surface area contributed by atoms with E-state index in [1.165, 1.54) is 11.3 Å². The number of benzene rings is 1. The summed E-state index contributed by atoms with van der Waals surface area (Å²) in [5.74, 6) is 0.909. The van der Waals surface area contributed by atoms with Crippen molar-refractivity contribution in [3.63, 3.8) is 0 Å². The first-order valence-electron chi connectivity index (χ1n) is 8.01. The molecule has 0 amide bonds. The first-order valence-corrected chi connectivity index (χ1v) is 8.01. The van der Waals surface area contributed by atoms with Gasteiger partial charge in [0.05, 0.1) is 6.54 Å².